The van der Waals surface area contributed by atoms with Crippen LogP contribution in [0, 0.1) is 6.92 Å². The summed E-state index contributed by atoms with van der Waals surface area (Å²) in [5.74, 6) is 1.10. The first-order valence-corrected chi connectivity index (χ1v) is 9.96. The van der Waals surface area contributed by atoms with Crippen LogP contribution in [0.5, 0.6) is 11.5 Å². The van der Waals surface area contributed by atoms with Gasteiger partial charge in [0.25, 0.3) is 0 Å². The molecule has 1 N–H and O–H groups in total. The molecule has 0 fully saturated rings. The van der Waals surface area contributed by atoms with Crippen molar-refractivity contribution in [3.8, 4) is 11.5 Å². The Kier molecular flexibility index (Phi) is 7.33. The quantitative estimate of drug-likeness (QED) is 0.485. The van der Waals surface area contributed by atoms with Gasteiger partial charge >= 0.3 is 5.97 Å². The van der Waals surface area contributed by atoms with Crippen LogP contribution in [0.15, 0.2) is 66.7 Å². The molecule has 0 heterocycles. The standard InChI is InChI=1S/C25H27NO4/c1-4-29-25(27)20-12-14-22(15-13-20)26-16-21-6-5-7-23(28-3)24(21)30-17-19-10-8-18(2)9-11-19/h5-15,26H,4,16-17H2,1-3H3. The highest BCUT2D eigenvalue weighted by Gasteiger charge is 2.12. The summed E-state index contributed by atoms with van der Waals surface area (Å²) in [5, 5.41) is 3.37. The predicted molar refractivity (Wildman–Crippen MR) is 118 cm³/mol. The molecule has 0 aromatic heterocycles. The van der Waals surface area contributed by atoms with Crippen LogP contribution >= 0.6 is 0 Å². The minimum Gasteiger partial charge on any atom is -0.493 e. The number of ether oxygens (including phenoxy) is 3. The minimum absolute atomic E-state index is 0.316. The Morgan fingerprint density at radius 1 is 0.967 bits per heavy atom. The van der Waals surface area contributed by atoms with Crippen molar-refractivity contribution in [3.05, 3.63) is 89.0 Å². The second-order valence-corrected chi connectivity index (χ2v) is 6.87. The number of carbonyl (C=O) groups excluding carboxylic acids is 1. The normalized spacial score (nSPS) is 10.4. The van der Waals surface area contributed by atoms with E-state index in [1.165, 1.54) is 5.56 Å². The number of para-hydroxylation sites is 1. The van der Waals surface area contributed by atoms with Gasteiger partial charge in [0, 0.05) is 17.8 Å². The zero-order valence-electron chi connectivity index (χ0n) is 17.6. The molecule has 0 saturated heterocycles. The van der Waals surface area contributed by atoms with Gasteiger partial charge < -0.3 is 19.5 Å². The topological polar surface area (TPSA) is 56.8 Å². The van der Waals surface area contributed by atoms with E-state index in [0.29, 0.717) is 31.1 Å². The number of nitrogens with one attached hydrogen (secondary N) is 1. The third-order valence-electron chi connectivity index (χ3n) is 4.66. The fourth-order valence-corrected chi connectivity index (χ4v) is 3.00. The lowest BCUT2D eigenvalue weighted by Crippen LogP contribution is -2.06. The summed E-state index contributed by atoms with van der Waals surface area (Å²) in [6.45, 7) is 5.23. The fraction of sp³-hybridized carbons (Fsp3) is 0.240. The maximum atomic E-state index is 11.8. The van der Waals surface area contributed by atoms with Crippen molar-refractivity contribution in [2.24, 2.45) is 0 Å². The zero-order valence-corrected chi connectivity index (χ0v) is 17.6. The molecule has 0 aliphatic heterocycles. The molecule has 0 atom stereocenters. The Morgan fingerprint density at radius 2 is 1.70 bits per heavy atom. The summed E-state index contributed by atoms with van der Waals surface area (Å²) in [6, 6.07) is 21.3. The molecule has 30 heavy (non-hydrogen) atoms. The maximum absolute atomic E-state index is 11.8. The summed E-state index contributed by atoms with van der Waals surface area (Å²) >= 11 is 0. The van der Waals surface area contributed by atoms with Crippen molar-refractivity contribution in [2.75, 3.05) is 19.0 Å². The third-order valence-corrected chi connectivity index (χ3v) is 4.66. The Balaban J connectivity index is 1.69. The van der Waals surface area contributed by atoms with Crippen LogP contribution in [0.25, 0.3) is 0 Å². The number of rotatable bonds is 9. The van der Waals surface area contributed by atoms with Crippen molar-refractivity contribution in [1.82, 2.24) is 0 Å². The summed E-state index contributed by atoms with van der Waals surface area (Å²) in [6.07, 6.45) is 0. The molecule has 5 heteroatoms. The van der Waals surface area contributed by atoms with Gasteiger partial charge in [0.2, 0.25) is 0 Å². The van der Waals surface area contributed by atoms with Gasteiger partial charge in [-0.05, 0) is 49.7 Å². The Hall–Kier alpha value is -3.47. The van der Waals surface area contributed by atoms with Crippen LogP contribution < -0.4 is 14.8 Å². The number of esters is 1. The summed E-state index contributed by atoms with van der Waals surface area (Å²) in [7, 11) is 1.64. The Bertz CT molecular complexity index is 965. The minimum atomic E-state index is -0.316. The van der Waals surface area contributed by atoms with E-state index in [1.54, 1.807) is 26.2 Å². The fourth-order valence-electron chi connectivity index (χ4n) is 3.00. The van der Waals surface area contributed by atoms with Crippen molar-refractivity contribution < 1.29 is 19.0 Å². The number of methoxy groups -OCH3 is 1. The first-order chi connectivity index (χ1) is 14.6. The van der Waals surface area contributed by atoms with Crippen LogP contribution in [0.4, 0.5) is 5.69 Å². The Morgan fingerprint density at radius 3 is 2.37 bits per heavy atom. The monoisotopic (exact) mass is 405 g/mol. The van der Waals surface area contributed by atoms with Crippen molar-refractivity contribution in [3.63, 3.8) is 0 Å². The van der Waals surface area contributed by atoms with E-state index >= 15 is 0 Å². The molecule has 156 valence electrons. The average molecular weight is 405 g/mol. The molecule has 0 saturated carbocycles. The number of hydrogen-bond acceptors (Lipinski definition) is 5. The van der Waals surface area contributed by atoms with Gasteiger partial charge in [-0.2, -0.15) is 0 Å². The molecular weight excluding hydrogens is 378 g/mol. The van der Waals surface area contributed by atoms with Gasteiger partial charge in [0.1, 0.15) is 6.61 Å². The van der Waals surface area contributed by atoms with E-state index in [1.807, 2.05) is 30.3 Å². The van der Waals surface area contributed by atoms with E-state index in [4.69, 9.17) is 14.2 Å². The molecule has 0 bridgehead atoms. The number of hydrogen-bond donors (Lipinski definition) is 1. The molecule has 0 aliphatic carbocycles. The zero-order chi connectivity index (χ0) is 21.3. The van der Waals surface area contributed by atoms with Gasteiger partial charge in [0.15, 0.2) is 11.5 Å². The Labute approximate surface area is 177 Å². The van der Waals surface area contributed by atoms with Gasteiger partial charge in [-0.3, -0.25) is 0 Å². The second-order valence-electron chi connectivity index (χ2n) is 6.87. The van der Waals surface area contributed by atoms with Gasteiger partial charge in [-0.1, -0.05) is 42.0 Å². The van der Waals surface area contributed by atoms with Gasteiger partial charge in [-0.15, -0.1) is 0 Å². The SMILES string of the molecule is CCOC(=O)c1ccc(NCc2cccc(OC)c2OCc2ccc(C)cc2)cc1. The molecule has 0 amide bonds. The van der Waals surface area contributed by atoms with Gasteiger partial charge in [0.05, 0.1) is 19.3 Å². The van der Waals surface area contributed by atoms with E-state index in [0.717, 1.165) is 22.6 Å². The van der Waals surface area contributed by atoms with Crippen molar-refractivity contribution in [2.45, 2.75) is 27.0 Å². The molecule has 0 radical (unpaired) electrons. The van der Waals surface area contributed by atoms with Crippen LogP contribution in [-0.2, 0) is 17.9 Å². The third kappa shape index (κ3) is 5.54. The molecular formula is C25H27NO4. The smallest absolute Gasteiger partial charge is 0.338 e. The molecule has 3 rings (SSSR count). The van der Waals surface area contributed by atoms with Crippen molar-refractivity contribution >= 4 is 11.7 Å². The first kappa shape index (κ1) is 21.2. The largest absolute Gasteiger partial charge is 0.493 e. The summed E-state index contributed by atoms with van der Waals surface area (Å²) < 4.78 is 16.6. The van der Waals surface area contributed by atoms with Crippen LogP contribution in [0.2, 0.25) is 0 Å². The van der Waals surface area contributed by atoms with E-state index in [2.05, 4.69) is 36.5 Å². The summed E-state index contributed by atoms with van der Waals surface area (Å²) in [4.78, 5) is 11.8. The van der Waals surface area contributed by atoms with E-state index < -0.39 is 0 Å². The molecule has 0 aliphatic rings. The van der Waals surface area contributed by atoms with E-state index in [-0.39, 0.29) is 5.97 Å². The lowest BCUT2D eigenvalue weighted by molar-refractivity contribution is 0.0526. The van der Waals surface area contributed by atoms with Crippen molar-refractivity contribution in [1.29, 1.82) is 0 Å². The van der Waals surface area contributed by atoms with Crippen LogP contribution in [0.1, 0.15) is 34.0 Å². The molecule has 3 aromatic rings. The van der Waals surface area contributed by atoms with E-state index in [9.17, 15) is 4.79 Å². The number of carbonyl (C=O) groups is 1. The number of anilines is 1. The van der Waals surface area contributed by atoms with Crippen LogP contribution in [-0.4, -0.2) is 19.7 Å². The highest BCUT2D eigenvalue weighted by Crippen LogP contribution is 2.32. The average Bonchev–Trinajstić information content (AvgIpc) is 2.78. The maximum Gasteiger partial charge on any atom is 0.338 e. The predicted octanol–water partition coefficient (Wildman–Crippen LogP) is 5.37. The highest BCUT2D eigenvalue weighted by atomic mass is 16.5. The number of benzene rings is 3. The first-order valence-electron chi connectivity index (χ1n) is 9.96. The lowest BCUT2D eigenvalue weighted by Gasteiger charge is -2.16. The highest BCUT2D eigenvalue weighted by molar-refractivity contribution is 5.89. The van der Waals surface area contributed by atoms with Gasteiger partial charge in [-0.25, -0.2) is 4.79 Å². The second kappa shape index (κ2) is 10.3. The summed E-state index contributed by atoms with van der Waals surface area (Å²) in [5.41, 5.74) is 4.73. The lowest BCUT2D eigenvalue weighted by atomic mass is 10.1. The molecule has 0 unspecified atom stereocenters. The molecule has 3 aromatic carbocycles. The molecule has 5 nitrogen and oxygen atoms in total. The molecule has 0 spiro atoms. The number of aryl methyl sites for hydroxylation is 1. The van der Waals surface area contributed by atoms with Crippen LogP contribution in [0.3, 0.4) is 0 Å².